The molecule has 2 N–H and O–H groups in total. The number of hydrogen-bond acceptors (Lipinski definition) is 11. The van der Waals surface area contributed by atoms with Crippen LogP contribution in [0.4, 0.5) is 4.79 Å². The summed E-state index contributed by atoms with van der Waals surface area (Å²) in [7, 11) is 0. The molecule has 0 saturated carbocycles. The molecule has 0 bridgehead atoms. The molecule has 0 saturated heterocycles. The lowest BCUT2D eigenvalue weighted by atomic mass is 10.1. The molecule has 1 amide bonds. The van der Waals surface area contributed by atoms with Crippen LogP contribution in [0.15, 0.2) is 12.5 Å². The number of nitrogens with zero attached hydrogens (tertiary/aromatic N) is 3. The first-order chi connectivity index (χ1) is 14.4. The molecule has 1 aromatic rings. The van der Waals surface area contributed by atoms with Crippen molar-refractivity contribution in [2.24, 2.45) is 0 Å². The Kier molecular flexibility index (Phi) is 11.7. The normalized spacial score (nSPS) is 11.2. The molecule has 1 rings (SSSR count). The van der Waals surface area contributed by atoms with Crippen LogP contribution < -0.4 is 5.32 Å². The van der Waals surface area contributed by atoms with E-state index in [1.54, 1.807) is 6.20 Å². The van der Waals surface area contributed by atoms with Crippen LogP contribution in [0, 0.1) is 20.2 Å². The maximum absolute atomic E-state index is 12.3. The number of aromatic amines is 1. The lowest BCUT2D eigenvalue weighted by Gasteiger charge is -2.17. The van der Waals surface area contributed by atoms with Crippen molar-refractivity contribution in [3.8, 4) is 0 Å². The molecule has 1 heterocycles. The highest BCUT2D eigenvalue weighted by Crippen LogP contribution is 2.03. The molecule has 0 radical (unpaired) electrons. The van der Waals surface area contributed by atoms with E-state index in [0.29, 0.717) is 31.4 Å². The second-order valence-electron chi connectivity index (χ2n) is 5.79. The number of esters is 1. The zero-order chi connectivity index (χ0) is 22.2. The monoisotopic (exact) mass is 433 g/mol. The van der Waals surface area contributed by atoms with Crippen LogP contribution in [0.25, 0.3) is 0 Å². The van der Waals surface area contributed by atoms with Crippen molar-refractivity contribution >= 4 is 12.1 Å². The van der Waals surface area contributed by atoms with Gasteiger partial charge in [0.2, 0.25) is 0 Å². The zero-order valence-electron chi connectivity index (χ0n) is 16.0. The van der Waals surface area contributed by atoms with Crippen LogP contribution in [0.2, 0.25) is 0 Å². The highest BCUT2D eigenvalue weighted by molar-refractivity contribution is 5.81. The first kappa shape index (κ1) is 24.4. The van der Waals surface area contributed by atoms with Crippen molar-refractivity contribution < 1.29 is 38.9 Å². The molecule has 15 heteroatoms. The molecule has 1 aromatic heterocycles. The third-order valence-electron chi connectivity index (χ3n) is 3.49. The van der Waals surface area contributed by atoms with Gasteiger partial charge in [-0.15, -0.1) is 20.2 Å². The number of imidazole rings is 1. The van der Waals surface area contributed by atoms with Gasteiger partial charge in [0, 0.05) is 12.6 Å². The van der Waals surface area contributed by atoms with E-state index in [-0.39, 0.29) is 32.8 Å². The Morgan fingerprint density at radius 1 is 1.00 bits per heavy atom. The second-order valence-corrected chi connectivity index (χ2v) is 5.79. The molecule has 168 valence electrons. The Labute approximate surface area is 170 Å². The fourth-order valence-electron chi connectivity index (χ4n) is 2.11. The predicted octanol–water partition coefficient (Wildman–Crippen LogP) is 0.567. The number of aromatic nitrogens is 2. The first-order valence-corrected chi connectivity index (χ1v) is 9.00. The Morgan fingerprint density at radius 3 is 2.10 bits per heavy atom. The average molecular weight is 433 g/mol. The molecule has 1 unspecified atom stereocenters. The number of alkyl carbamates (subject to hydrolysis) is 1. The van der Waals surface area contributed by atoms with Crippen molar-refractivity contribution in [2.45, 2.75) is 38.1 Å². The van der Waals surface area contributed by atoms with Crippen LogP contribution in [-0.2, 0) is 30.4 Å². The van der Waals surface area contributed by atoms with Gasteiger partial charge in [0.15, 0.2) is 0 Å². The molecule has 0 aliphatic rings. The third kappa shape index (κ3) is 11.9. The van der Waals surface area contributed by atoms with E-state index in [2.05, 4.69) is 25.0 Å². The number of H-pyrrole nitrogens is 1. The summed E-state index contributed by atoms with van der Waals surface area (Å²) in [5, 5.41) is 20.6. The van der Waals surface area contributed by atoms with Crippen molar-refractivity contribution in [1.82, 2.24) is 15.3 Å². The summed E-state index contributed by atoms with van der Waals surface area (Å²) in [5.41, 5.74) is 0.508. The van der Waals surface area contributed by atoms with E-state index >= 15 is 0 Å². The quantitative estimate of drug-likeness (QED) is 0.160. The van der Waals surface area contributed by atoms with Crippen molar-refractivity contribution in [3.05, 3.63) is 38.4 Å². The van der Waals surface area contributed by atoms with E-state index in [1.165, 1.54) is 6.33 Å². The van der Waals surface area contributed by atoms with Crippen molar-refractivity contribution in [3.63, 3.8) is 0 Å². The predicted molar refractivity (Wildman–Crippen MR) is 95.9 cm³/mol. The maximum atomic E-state index is 12.3. The third-order valence-corrected chi connectivity index (χ3v) is 3.49. The highest BCUT2D eigenvalue weighted by atomic mass is 17.0. The number of nitrogens with one attached hydrogen (secondary N) is 2. The number of carbonyl (C=O) groups is 2. The van der Waals surface area contributed by atoms with Gasteiger partial charge in [0.05, 0.1) is 38.4 Å². The fraction of sp³-hybridized carbons (Fsp3) is 0.667. The summed E-state index contributed by atoms with van der Waals surface area (Å²) < 4.78 is 10.0. The first-order valence-electron chi connectivity index (χ1n) is 9.00. The molecule has 15 nitrogen and oxygen atoms in total. The van der Waals surface area contributed by atoms with E-state index in [9.17, 15) is 29.8 Å². The van der Waals surface area contributed by atoms with Crippen LogP contribution in [-0.4, -0.2) is 64.7 Å². The van der Waals surface area contributed by atoms with Crippen molar-refractivity contribution in [2.75, 3.05) is 26.4 Å². The van der Waals surface area contributed by atoms with E-state index in [1.807, 2.05) is 0 Å². The number of amides is 1. The minimum Gasteiger partial charge on any atom is -0.464 e. The SMILES string of the molecule is O=C(NC(Cc1c[nH]cn1)C(=O)OCCCCO[N+](=O)[O-])OCCCCO[N+](=O)[O-]. The summed E-state index contributed by atoms with van der Waals surface area (Å²) >= 11 is 0. The van der Waals surface area contributed by atoms with Gasteiger partial charge in [-0.1, -0.05) is 0 Å². The van der Waals surface area contributed by atoms with Crippen LogP contribution in [0.3, 0.4) is 0 Å². The molecule has 0 spiro atoms. The van der Waals surface area contributed by atoms with Gasteiger partial charge >= 0.3 is 12.1 Å². The molecule has 0 fully saturated rings. The molecular weight excluding hydrogens is 410 g/mol. The average Bonchev–Trinajstić information content (AvgIpc) is 3.19. The fourth-order valence-corrected chi connectivity index (χ4v) is 2.11. The number of ether oxygens (including phenoxy) is 2. The van der Waals surface area contributed by atoms with E-state index in [4.69, 9.17) is 9.47 Å². The van der Waals surface area contributed by atoms with E-state index in [0.717, 1.165) is 0 Å². The molecule has 1 atom stereocenters. The Hall–Kier alpha value is -3.65. The summed E-state index contributed by atoms with van der Waals surface area (Å²) in [6.45, 7) is -0.255. The maximum Gasteiger partial charge on any atom is 0.407 e. The van der Waals surface area contributed by atoms with Crippen LogP contribution in [0.1, 0.15) is 31.4 Å². The number of rotatable bonds is 16. The molecule has 0 aromatic carbocycles. The topological polar surface area (TPSA) is 198 Å². The van der Waals surface area contributed by atoms with Gasteiger partial charge in [0.1, 0.15) is 6.04 Å². The highest BCUT2D eigenvalue weighted by Gasteiger charge is 2.24. The van der Waals surface area contributed by atoms with Crippen LogP contribution >= 0.6 is 0 Å². The van der Waals surface area contributed by atoms with Gasteiger partial charge in [0.25, 0.3) is 10.2 Å². The standard InChI is InChI=1S/C15H23N5O10/c21-14(27-5-1-3-7-29-19(23)24)13(9-12-10-16-11-17-12)18-15(22)28-6-2-4-8-30-20(25)26/h10-11,13H,1-9H2,(H,16,17)(H,18,22). The summed E-state index contributed by atoms with van der Waals surface area (Å²) in [4.78, 5) is 59.2. The largest absolute Gasteiger partial charge is 0.464 e. The van der Waals surface area contributed by atoms with Gasteiger partial charge < -0.3 is 29.4 Å². The minimum absolute atomic E-state index is 0.00977. The van der Waals surface area contributed by atoms with Gasteiger partial charge in [-0.2, -0.15) is 0 Å². The number of carbonyl (C=O) groups excluding carboxylic acids is 2. The number of unbranched alkanes of at least 4 members (excludes halogenated alkanes) is 2. The Morgan fingerprint density at radius 2 is 1.57 bits per heavy atom. The molecular formula is C15H23N5O10. The minimum atomic E-state index is -1.06. The summed E-state index contributed by atoms with van der Waals surface area (Å²) in [5.74, 6) is -0.718. The van der Waals surface area contributed by atoms with Gasteiger partial charge in [-0.3, -0.25) is 0 Å². The van der Waals surface area contributed by atoms with Crippen molar-refractivity contribution in [1.29, 1.82) is 0 Å². The van der Waals surface area contributed by atoms with Gasteiger partial charge in [-0.05, 0) is 25.7 Å². The zero-order valence-corrected chi connectivity index (χ0v) is 16.0. The summed E-state index contributed by atoms with van der Waals surface area (Å²) in [6, 6.07) is -1.06. The summed E-state index contributed by atoms with van der Waals surface area (Å²) in [6.07, 6.45) is 3.46. The Balaban J connectivity index is 2.37. The lowest BCUT2D eigenvalue weighted by molar-refractivity contribution is -0.757. The molecule has 0 aliphatic carbocycles. The smallest absolute Gasteiger partial charge is 0.407 e. The lowest BCUT2D eigenvalue weighted by Crippen LogP contribution is -2.44. The Bertz CT molecular complexity index is 669. The molecule has 30 heavy (non-hydrogen) atoms. The molecule has 0 aliphatic heterocycles. The van der Waals surface area contributed by atoms with E-state index < -0.39 is 28.3 Å². The number of hydrogen-bond donors (Lipinski definition) is 2. The van der Waals surface area contributed by atoms with Gasteiger partial charge in [-0.25, -0.2) is 14.6 Å². The second kappa shape index (κ2) is 14.4. The van der Waals surface area contributed by atoms with Crippen LogP contribution in [0.5, 0.6) is 0 Å².